The molecule has 2 aliphatic rings. The molecule has 1 aliphatic heterocycles. The SMILES string of the molecule is O=C(OCCCCCN1CCCC1)c1cc(O)c2c(c1)C(=O)c1cccc(O)c1C2=O. The number of esters is 1. The molecule has 0 saturated carbocycles. The van der Waals surface area contributed by atoms with E-state index in [-0.39, 0.29) is 40.2 Å². The van der Waals surface area contributed by atoms with Gasteiger partial charge >= 0.3 is 5.97 Å². The van der Waals surface area contributed by atoms with Gasteiger partial charge in [0.1, 0.15) is 11.5 Å². The van der Waals surface area contributed by atoms with Crippen LogP contribution in [0.3, 0.4) is 0 Å². The quantitative estimate of drug-likeness (QED) is 0.444. The minimum absolute atomic E-state index is 0.0121. The average molecular weight is 423 g/mol. The zero-order valence-corrected chi connectivity index (χ0v) is 17.2. The highest BCUT2D eigenvalue weighted by Crippen LogP contribution is 2.37. The van der Waals surface area contributed by atoms with Crippen molar-refractivity contribution in [1.82, 2.24) is 4.90 Å². The number of phenols is 2. The van der Waals surface area contributed by atoms with Crippen molar-refractivity contribution in [3.63, 3.8) is 0 Å². The third-order valence-electron chi connectivity index (χ3n) is 5.89. The van der Waals surface area contributed by atoms with Crippen molar-refractivity contribution in [3.05, 3.63) is 58.1 Å². The number of rotatable bonds is 7. The van der Waals surface area contributed by atoms with Crippen molar-refractivity contribution in [3.8, 4) is 11.5 Å². The highest BCUT2D eigenvalue weighted by molar-refractivity contribution is 6.30. The summed E-state index contributed by atoms with van der Waals surface area (Å²) in [6, 6.07) is 6.61. The molecule has 0 unspecified atom stereocenters. The minimum Gasteiger partial charge on any atom is -0.507 e. The molecular formula is C24H25NO6. The van der Waals surface area contributed by atoms with Gasteiger partial charge in [-0.2, -0.15) is 0 Å². The fraction of sp³-hybridized carbons (Fsp3) is 0.375. The molecule has 0 amide bonds. The molecule has 1 aliphatic carbocycles. The number of phenolic OH excluding ortho intramolecular Hbond substituents is 2. The van der Waals surface area contributed by atoms with Gasteiger partial charge in [-0.15, -0.1) is 0 Å². The maximum atomic E-state index is 12.8. The Morgan fingerprint density at radius 3 is 2.42 bits per heavy atom. The Kier molecular flexibility index (Phi) is 6.04. The first kappa shape index (κ1) is 21.1. The topological polar surface area (TPSA) is 104 Å². The van der Waals surface area contributed by atoms with E-state index in [1.54, 1.807) is 0 Å². The van der Waals surface area contributed by atoms with Crippen LogP contribution in [-0.2, 0) is 4.74 Å². The second-order valence-electron chi connectivity index (χ2n) is 8.02. The van der Waals surface area contributed by atoms with Crippen LogP contribution in [0.4, 0.5) is 0 Å². The van der Waals surface area contributed by atoms with Crippen LogP contribution in [0.5, 0.6) is 11.5 Å². The molecule has 4 rings (SSSR count). The molecule has 0 atom stereocenters. The maximum Gasteiger partial charge on any atom is 0.338 e. The van der Waals surface area contributed by atoms with Gasteiger partial charge in [-0.05, 0) is 69.9 Å². The normalized spacial score (nSPS) is 15.6. The van der Waals surface area contributed by atoms with Crippen molar-refractivity contribution in [2.24, 2.45) is 0 Å². The van der Waals surface area contributed by atoms with Gasteiger partial charge in [0.15, 0.2) is 5.78 Å². The summed E-state index contributed by atoms with van der Waals surface area (Å²) in [5, 5.41) is 20.4. The highest BCUT2D eigenvalue weighted by atomic mass is 16.5. The van der Waals surface area contributed by atoms with Crippen LogP contribution in [-0.4, -0.2) is 58.9 Å². The third kappa shape index (κ3) is 4.18. The highest BCUT2D eigenvalue weighted by Gasteiger charge is 2.35. The first-order valence-corrected chi connectivity index (χ1v) is 10.6. The Hall–Kier alpha value is -3.19. The van der Waals surface area contributed by atoms with Crippen molar-refractivity contribution in [1.29, 1.82) is 0 Å². The monoisotopic (exact) mass is 423 g/mol. The van der Waals surface area contributed by atoms with E-state index in [9.17, 15) is 24.6 Å². The van der Waals surface area contributed by atoms with E-state index in [2.05, 4.69) is 4.90 Å². The molecular weight excluding hydrogens is 398 g/mol. The summed E-state index contributed by atoms with van der Waals surface area (Å²) in [4.78, 5) is 40.5. The fourth-order valence-electron chi connectivity index (χ4n) is 4.27. The largest absolute Gasteiger partial charge is 0.507 e. The number of unbranched alkanes of at least 4 members (excludes halogenated alkanes) is 2. The number of benzene rings is 2. The van der Waals surface area contributed by atoms with Crippen LogP contribution < -0.4 is 0 Å². The van der Waals surface area contributed by atoms with Gasteiger partial charge in [0.2, 0.25) is 5.78 Å². The molecule has 0 aromatic heterocycles. The number of likely N-dealkylation sites (tertiary alicyclic amines) is 1. The van der Waals surface area contributed by atoms with Crippen molar-refractivity contribution in [2.45, 2.75) is 32.1 Å². The van der Waals surface area contributed by atoms with Gasteiger partial charge in [0.25, 0.3) is 0 Å². The first-order valence-electron chi connectivity index (χ1n) is 10.6. The Morgan fingerprint density at radius 1 is 0.903 bits per heavy atom. The van der Waals surface area contributed by atoms with Crippen LogP contribution in [0.25, 0.3) is 0 Å². The molecule has 7 nitrogen and oxygen atoms in total. The van der Waals surface area contributed by atoms with Crippen molar-refractivity contribution >= 4 is 17.5 Å². The van der Waals surface area contributed by atoms with Crippen LogP contribution in [0.15, 0.2) is 30.3 Å². The lowest BCUT2D eigenvalue weighted by Crippen LogP contribution is -2.22. The number of nitrogens with zero attached hydrogens (tertiary/aromatic N) is 1. The Balaban J connectivity index is 1.40. The number of fused-ring (bicyclic) bond motifs is 2. The predicted molar refractivity (Wildman–Crippen MR) is 113 cm³/mol. The molecule has 1 fully saturated rings. The van der Waals surface area contributed by atoms with Gasteiger partial charge < -0.3 is 19.8 Å². The summed E-state index contributed by atoms with van der Waals surface area (Å²) in [5.41, 5.74) is -0.365. The van der Waals surface area contributed by atoms with E-state index in [0.717, 1.165) is 31.9 Å². The van der Waals surface area contributed by atoms with E-state index in [4.69, 9.17) is 4.74 Å². The van der Waals surface area contributed by atoms with Crippen LogP contribution >= 0.6 is 0 Å². The second-order valence-corrected chi connectivity index (χ2v) is 8.02. The molecule has 0 radical (unpaired) electrons. The molecule has 7 heteroatoms. The third-order valence-corrected chi connectivity index (χ3v) is 5.89. The number of hydrogen-bond acceptors (Lipinski definition) is 7. The number of hydrogen-bond donors (Lipinski definition) is 2. The van der Waals surface area contributed by atoms with E-state index < -0.39 is 23.3 Å². The maximum absolute atomic E-state index is 12.8. The zero-order chi connectivity index (χ0) is 22.0. The lowest BCUT2D eigenvalue weighted by molar-refractivity contribution is 0.0496. The number of carbonyl (C=O) groups excluding carboxylic acids is 3. The smallest absolute Gasteiger partial charge is 0.338 e. The number of ether oxygens (including phenoxy) is 1. The Labute approximate surface area is 180 Å². The van der Waals surface area contributed by atoms with Crippen LogP contribution in [0.2, 0.25) is 0 Å². The molecule has 2 aromatic carbocycles. The fourth-order valence-corrected chi connectivity index (χ4v) is 4.27. The van der Waals surface area contributed by atoms with Crippen molar-refractivity contribution < 1.29 is 29.3 Å². The summed E-state index contributed by atoms with van der Waals surface area (Å²) in [6.07, 6.45) is 5.28. The van der Waals surface area contributed by atoms with Gasteiger partial charge in [-0.25, -0.2) is 4.79 Å². The van der Waals surface area contributed by atoms with Gasteiger partial charge in [-0.3, -0.25) is 9.59 Å². The standard InChI is InChI=1S/C24H25NO6/c26-18-8-6-7-16-20(18)23(29)21-17(22(16)28)13-15(14-19(21)27)24(30)31-12-5-1-2-9-25-10-3-4-11-25/h6-8,13-14,26-27H,1-5,9-12H2. The second kappa shape index (κ2) is 8.89. The summed E-state index contributed by atoms with van der Waals surface area (Å²) < 4.78 is 5.30. The molecule has 31 heavy (non-hydrogen) atoms. The number of carbonyl (C=O) groups is 3. The molecule has 1 saturated heterocycles. The molecule has 0 bridgehead atoms. The van der Waals surface area contributed by atoms with E-state index in [1.165, 1.54) is 50.2 Å². The summed E-state index contributed by atoms with van der Waals surface area (Å²) in [5.74, 6) is -2.65. The van der Waals surface area contributed by atoms with Gasteiger partial charge in [0.05, 0.1) is 23.3 Å². The van der Waals surface area contributed by atoms with E-state index >= 15 is 0 Å². The minimum atomic E-state index is -0.655. The molecule has 0 spiro atoms. The lowest BCUT2D eigenvalue weighted by Gasteiger charge is -2.19. The number of aromatic hydroxyl groups is 2. The van der Waals surface area contributed by atoms with Crippen LogP contribution in [0.1, 0.15) is 74.3 Å². The molecule has 1 heterocycles. The summed E-state index contributed by atoms with van der Waals surface area (Å²) >= 11 is 0. The number of ketones is 2. The Morgan fingerprint density at radius 2 is 1.65 bits per heavy atom. The lowest BCUT2D eigenvalue weighted by atomic mass is 9.82. The summed E-state index contributed by atoms with van der Waals surface area (Å²) in [7, 11) is 0. The average Bonchev–Trinajstić information content (AvgIpc) is 3.27. The molecule has 2 N–H and O–H groups in total. The van der Waals surface area contributed by atoms with E-state index in [0.29, 0.717) is 0 Å². The molecule has 2 aromatic rings. The summed E-state index contributed by atoms with van der Waals surface area (Å²) in [6.45, 7) is 3.66. The van der Waals surface area contributed by atoms with Crippen LogP contribution in [0, 0.1) is 0 Å². The van der Waals surface area contributed by atoms with Gasteiger partial charge in [-0.1, -0.05) is 12.1 Å². The van der Waals surface area contributed by atoms with E-state index in [1.807, 2.05) is 0 Å². The first-order chi connectivity index (χ1) is 15.0. The molecule has 162 valence electrons. The Bertz CT molecular complexity index is 1040. The van der Waals surface area contributed by atoms with Gasteiger partial charge in [0, 0.05) is 11.1 Å². The predicted octanol–water partition coefficient (Wildman–Crippen LogP) is 3.30. The zero-order valence-electron chi connectivity index (χ0n) is 17.2. The van der Waals surface area contributed by atoms with Crippen molar-refractivity contribution in [2.75, 3.05) is 26.2 Å².